The van der Waals surface area contributed by atoms with Crippen molar-refractivity contribution in [2.75, 3.05) is 11.7 Å². The summed E-state index contributed by atoms with van der Waals surface area (Å²) in [5, 5.41) is 0. The van der Waals surface area contributed by atoms with Gasteiger partial charge >= 0.3 is 0 Å². The summed E-state index contributed by atoms with van der Waals surface area (Å²) < 4.78 is 10.8. The number of carbonyl (C=O) groups is 1. The van der Waals surface area contributed by atoms with Gasteiger partial charge in [-0.15, -0.1) is 0 Å². The van der Waals surface area contributed by atoms with Crippen LogP contribution in [0.5, 0.6) is 11.5 Å². The molecule has 4 rings (SSSR count). The van der Waals surface area contributed by atoms with E-state index in [0.29, 0.717) is 6.42 Å². The third-order valence-electron chi connectivity index (χ3n) is 5.36. The topological polar surface area (TPSA) is 51.7 Å². The minimum Gasteiger partial charge on any atom is -0.454 e. The van der Waals surface area contributed by atoms with Gasteiger partial charge in [-0.25, -0.2) is 4.98 Å². The molecule has 1 fully saturated rings. The molecule has 1 aromatic carbocycles. The molecular weight excluding hydrogens is 352 g/mol. The van der Waals surface area contributed by atoms with Gasteiger partial charge in [-0.05, 0) is 56.0 Å². The Kier molecular flexibility index (Phi) is 5.60. The van der Waals surface area contributed by atoms with Crippen molar-refractivity contribution in [1.29, 1.82) is 0 Å². The highest BCUT2D eigenvalue weighted by molar-refractivity contribution is 6.01. The van der Waals surface area contributed by atoms with Gasteiger partial charge in [0.1, 0.15) is 5.82 Å². The SMILES string of the molecule is C/C(=C/C(=O)N(c1ccccn1)C1CCCCC1)Cc1ccc2c(c1)OCO2. The number of benzene rings is 1. The molecule has 5 heteroatoms. The van der Waals surface area contributed by atoms with Crippen molar-refractivity contribution >= 4 is 11.7 Å². The fourth-order valence-electron chi connectivity index (χ4n) is 4.02. The third kappa shape index (κ3) is 4.19. The normalized spacial score (nSPS) is 16.8. The maximum absolute atomic E-state index is 13.2. The summed E-state index contributed by atoms with van der Waals surface area (Å²) in [6.45, 7) is 2.27. The molecule has 1 aromatic heterocycles. The van der Waals surface area contributed by atoms with Gasteiger partial charge in [0.25, 0.3) is 5.91 Å². The zero-order valence-electron chi connectivity index (χ0n) is 16.3. The Morgan fingerprint density at radius 1 is 1.14 bits per heavy atom. The van der Waals surface area contributed by atoms with E-state index in [4.69, 9.17) is 9.47 Å². The Hall–Kier alpha value is -2.82. The molecule has 2 heterocycles. The molecule has 1 amide bonds. The number of pyridine rings is 1. The summed E-state index contributed by atoms with van der Waals surface area (Å²) in [5.41, 5.74) is 2.12. The van der Waals surface area contributed by atoms with E-state index in [9.17, 15) is 4.79 Å². The number of ether oxygens (including phenoxy) is 2. The van der Waals surface area contributed by atoms with Gasteiger partial charge in [-0.2, -0.15) is 0 Å². The number of hydrogen-bond acceptors (Lipinski definition) is 4. The van der Waals surface area contributed by atoms with E-state index < -0.39 is 0 Å². The molecule has 0 spiro atoms. The molecule has 2 aromatic rings. The summed E-state index contributed by atoms with van der Waals surface area (Å²) >= 11 is 0. The molecule has 146 valence electrons. The molecule has 0 atom stereocenters. The van der Waals surface area contributed by atoms with Crippen molar-refractivity contribution in [3.63, 3.8) is 0 Å². The van der Waals surface area contributed by atoms with E-state index in [0.717, 1.165) is 41.3 Å². The van der Waals surface area contributed by atoms with Crippen molar-refractivity contribution in [3.8, 4) is 11.5 Å². The molecule has 0 bridgehead atoms. The van der Waals surface area contributed by atoms with Crippen LogP contribution in [0.1, 0.15) is 44.6 Å². The molecule has 28 heavy (non-hydrogen) atoms. The summed E-state index contributed by atoms with van der Waals surface area (Å²) in [6, 6.07) is 11.9. The van der Waals surface area contributed by atoms with Crippen molar-refractivity contribution < 1.29 is 14.3 Å². The van der Waals surface area contributed by atoms with Gasteiger partial charge in [-0.3, -0.25) is 9.69 Å². The van der Waals surface area contributed by atoms with Crippen LogP contribution < -0.4 is 14.4 Å². The van der Waals surface area contributed by atoms with Crippen LogP contribution in [0.2, 0.25) is 0 Å². The van der Waals surface area contributed by atoms with Crippen LogP contribution in [0.25, 0.3) is 0 Å². The summed E-state index contributed by atoms with van der Waals surface area (Å²) in [6.07, 6.45) is 9.87. The van der Waals surface area contributed by atoms with Crippen molar-refractivity contribution in [2.24, 2.45) is 0 Å². The maximum atomic E-state index is 13.2. The Bertz CT molecular complexity index is 857. The quantitative estimate of drug-likeness (QED) is 0.710. The Morgan fingerprint density at radius 3 is 2.75 bits per heavy atom. The van der Waals surface area contributed by atoms with Crippen molar-refractivity contribution in [3.05, 3.63) is 59.8 Å². The van der Waals surface area contributed by atoms with Gasteiger partial charge in [0, 0.05) is 18.3 Å². The molecule has 5 nitrogen and oxygen atoms in total. The first-order chi connectivity index (χ1) is 13.7. The van der Waals surface area contributed by atoms with E-state index in [-0.39, 0.29) is 18.7 Å². The number of aromatic nitrogens is 1. The summed E-state index contributed by atoms with van der Waals surface area (Å²) in [4.78, 5) is 19.5. The lowest BCUT2D eigenvalue weighted by Crippen LogP contribution is -2.41. The fourth-order valence-corrected chi connectivity index (χ4v) is 4.02. The van der Waals surface area contributed by atoms with Crippen molar-refractivity contribution in [2.45, 2.75) is 51.5 Å². The van der Waals surface area contributed by atoms with E-state index in [1.54, 1.807) is 12.3 Å². The number of carbonyl (C=O) groups excluding carboxylic acids is 1. The number of allylic oxidation sites excluding steroid dienone is 1. The minimum absolute atomic E-state index is 0.0174. The average molecular weight is 378 g/mol. The second-order valence-corrected chi connectivity index (χ2v) is 7.54. The lowest BCUT2D eigenvalue weighted by molar-refractivity contribution is -0.114. The number of rotatable bonds is 5. The van der Waals surface area contributed by atoms with Crippen LogP contribution in [0, 0.1) is 0 Å². The first-order valence-corrected chi connectivity index (χ1v) is 10.0. The van der Waals surface area contributed by atoms with E-state index in [1.165, 1.54) is 19.3 Å². The number of fused-ring (bicyclic) bond motifs is 1. The minimum atomic E-state index is 0.0174. The molecule has 0 saturated heterocycles. The van der Waals surface area contributed by atoms with Crippen LogP contribution in [-0.4, -0.2) is 23.7 Å². The molecule has 0 N–H and O–H groups in total. The Labute approximate surface area is 166 Å². The van der Waals surface area contributed by atoms with Gasteiger partial charge < -0.3 is 9.47 Å². The molecule has 1 aliphatic carbocycles. The Balaban J connectivity index is 1.52. The predicted molar refractivity (Wildman–Crippen MR) is 109 cm³/mol. The second kappa shape index (κ2) is 8.46. The monoisotopic (exact) mass is 378 g/mol. The molecule has 0 unspecified atom stereocenters. The van der Waals surface area contributed by atoms with Crippen LogP contribution in [-0.2, 0) is 11.2 Å². The van der Waals surface area contributed by atoms with Gasteiger partial charge in [0.15, 0.2) is 11.5 Å². The number of nitrogens with zero attached hydrogens (tertiary/aromatic N) is 2. The standard InChI is InChI=1S/C23H26N2O3/c1-17(13-18-10-11-20-21(15-18)28-16-27-20)14-23(26)25(19-7-3-2-4-8-19)22-9-5-6-12-24-22/h5-6,9-12,14-15,19H,2-4,7-8,13,16H2,1H3/b17-14-. The molecule has 2 aliphatic rings. The lowest BCUT2D eigenvalue weighted by Gasteiger charge is -2.33. The summed E-state index contributed by atoms with van der Waals surface area (Å²) in [5.74, 6) is 2.31. The zero-order valence-corrected chi connectivity index (χ0v) is 16.3. The first-order valence-electron chi connectivity index (χ1n) is 10.0. The van der Waals surface area contributed by atoms with Crippen LogP contribution in [0.4, 0.5) is 5.82 Å². The van der Waals surface area contributed by atoms with E-state index >= 15 is 0 Å². The molecule has 1 saturated carbocycles. The fraction of sp³-hybridized carbons (Fsp3) is 0.391. The third-order valence-corrected chi connectivity index (χ3v) is 5.36. The highest BCUT2D eigenvalue weighted by atomic mass is 16.7. The predicted octanol–water partition coefficient (Wildman–Crippen LogP) is 4.67. The lowest BCUT2D eigenvalue weighted by atomic mass is 9.94. The van der Waals surface area contributed by atoms with Gasteiger partial charge in [0.2, 0.25) is 6.79 Å². The largest absolute Gasteiger partial charge is 0.454 e. The smallest absolute Gasteiger partial charge is 0.252 e. The van der Waals surface area contributed by atoms with Gasteiger partial charge in [0.05, 0.1) is 0 Å². The average Bonchev–Trinajstić information content (AvgIpc) is 3.17. The van der Waals surface area contributed by atoms with Crippen LogP contribution in [0.3, 0.4) is 0 Å². The number of amides is 1. The highest BCUT2D eigenvalue weighted by Crippen LogP contribution is 2.33. The van der Waals surface area contributed by atoms with Crippen molar-refractivity contribution in [1.82, 2.24) is 4.98 Å². The first kappa shape index (κ1) is 18.5. The second-order valence-electron chi connectivity index (χ2n) is 7.54. The highest BCUT2D eigenvalue weighted by Gasteiger charge is 2.26. The summed E-state index contributed by atoms with van der Waals surface area (Å²) in [7, 11) is 0. The Morgan fingerprint density at radius 2 is 1.96 bits per heavy atom. The number of hydrogen-bond donors (Lipinski definition) is 0. The molecular formula is C23H26N2O3. The van der Waals surface area contributed by atoms with Gasteiger partial charge in [-0.1, -0.05) is 37.0 Å². The molecule has 1 aliphatic heterocycles. The van der Waals surface area contributed by atoms with Crippen LogP contribution >= 0.6 is 0 Å². The zero-order chi connectivity index (χ0) is 19.3. The molecule has 0 radical (unpaired) electrons. The van der Waals surface area contributed by atoms with E-state index in [1.807, 2.05) is 48.2 Å². The van der Waals surface area contributed by atoms with Crippen LogP contribution in [0.15, 0.2) is 54.2 Å². The number of anilines is 1. The van der Waals surface area contributed by atoms with E-state index in [2.05, 4.69) is 4.98 Å². The maximum Gasteiger partial charge on any atom is 0.252 e.